The number of pyridine rings is 1. The third-order valence-corrected chi connectivity index (χ3v) is 3.31. The molecule has 21 heavy (non-hydrogen) atoms. The van der Waals surface area contributed by atoms with Gasteiger partial charge in [-0.1, -0.05) is 42.5 Å². The molecule has 1 heterocycles. The summed E-state index contributed by atoms with van der Waals surface area (Å²) in [7, 11) is 0. The fourth-order valence-electron chi connectivity index (χ4n) is 1.96. The maximum absolute atomic E-state index is 12.8. The molecule has 0 N–H and O–H groups in total. The van der Waals surface area contributed by atoms with Gasteiger partial charge in [-0.2, -0.15) is 4.57 Å². The van der Waals surface area contributed by atoms with Crippen LogP contribution in [0, 0.1) is 0 Å². The first-order chi connectivity index (χ1) is 10.2. The van der Waals surface area contributed by atoms with Crippen molar-refractivity contribution in [2.45, 2.75) is 6.04 Å². The molecule has 106 valence electrons. The summed E-state index contributed by atoms with van der Waals surface area (Å²) in [5.41, 5.74) is 0.620. The quantitative estimate of drug-likeness (QED) is 0.205. The lowest BCUT2D eigenvalue weighted by Gasteiger charge is -2.18. The number of aliphatic imine (C=N–C) groups is 1. The van der Waals surface area contributed by atoms with Crippen LogP contribution in [0.1, 0.15) is 16.4 Å². The average Bonchev–Trinajstić information content (AvgIpc) is 2.55. The van der Waals surface area contributed by atoms with E-state index < -0.39 is 6.04 Å². The number of ketones is 1. The summed E-state index contributed by atoms with van der Waals surface area (Å²) in [6.45, 7) is 4.03. The minimum absolute atomic E-state index is 0.0652. The van der Waals surface area contributed by atoms with Crippen LogP contribution in [0.4, 0.5) is 0 Å². The Hall–Kier alpha value is -2.33. The highest BCUT2D eigenvalue weighted by Gasteiger charge is 2.27. The second-order valence-corrected chi connectivity index (χ2v) is 4.84. The van der Waals surface area contributed by atoms with E-state index in [2.05, 4.69) is 11.6 Å². The number of carbonyl (C=O) groups excluding carboxylic acids is 1. The van der Waals surface area contributed by atoms with E-state index in [1.54, 1.807) is 22.8 Å². The van der Waals surface area contributed by atoms with Crippen LogP contribution in [0.5, 0.6) is 0 Å². The normalized spacial score (nSPS) is 12.7. The van der Waals surface area contributed by atoms with Crippen LogP contribution in [0.15, 0.2) is 78.6 Å². The number of carbonyl (C=O) groups is 1. The number of hydrogen-bond acceptors (Lipinski definition) is 3. The van der Waals surface area contributed by atoms with Crippen molar-refractivity contribution in [3.05, 3.63) is 79.1 Å². The Bertz CT molecular complexity index is 638. The van der Waals surface area contributed by atoms with Gasteiger partial charge in [0, 0.05) is 17.7 Å². The lowest BCUT2D eigenvalue weighted by Crippen LogP contribution is -2.47. The lowest BCUT2D eigenvalue weighted by molar-refractivity contribution is -0.691. The van der Waals surface area contributed by atoms with Crippen LogP contribution in [0.25, 0.3) is 0 Å². The maximum atomic E-state index is 12.8. The Kier molecular flexibility index (Phi) is 5.35. The lowest BCUT2D eigenvalue weighted by atomic mass is 10.0. The van der Waals surface area contributed by atoms with Crippen molar-refractivity contribution in [2.24, 2.45) is 4.99 Å². The van der Waals surface area contributed by atoms with Crippen LogP contribution in [-0.2, 0) is 12.6 Å². The Balaban J connectivity index is 2.41. The molecule has 0 saturated heterocycles. The highest BCUT2D eigenvalue weighted by molar-refractivity contribution is 7.77. The van der Waals surface area contributed by atoms with Crippen molar-refractivity contribution in [1.82, 2.24) is 0 Å². The summed E-state index contributed by atoms with van der Waals surface area (Å²) < 4.78 is 1.78. The fourth-order valence-corrected chi connectivity index (χ4v) is 2.26. The first-order valence-corrected chi connectivity index (χ1v) is 7.02. The molecule has 0 aliphatic rings. The van der Waals surface area contributed by atoms with E-state index in [0.29, 0.717) is 17.2 Å². The highest BCUT2D eigenvalue weighted by atomic mass is 32.1. The molecule has 0 bridgehead atoms. The van der Waals surface area contributed by atoms with E-state index in [0.717, 1.165) is 0 Å². The summed E-state index contributed by atoms with van der Waals surface area (Å²) in [4.78, 5) is 17.0. The number of hydrogen-bond donors (Lipinski definition) is 0. The van der Waals surface area contributed by atoms with E-state index in [9.17, 15) is 4.79 Å². The molecule has 2 rings (SSSR count). The minimum atomic E-state index is -0.608. The summed E-state index contributed by atoms with van der Waals surface area (Å²) in [6, 6.07) is 14.1. The van der Waals surface area contributed by atoms with Gasteiger partial charge in [-0.25, -0.2) is 0 Å². The Labute approximate surface area is 130 Å². The molecule has 0 aliphatic heterocycles. The Morgan fingerprint density at radius 1 is 1.19 bits per heavy atom. The fraction of sp³-hybridized carbons (Fsp3) is 0.118. The van der Waals surface area contributed by atoms with E-state index in [1.165, 1.54) is 0 Å². The van der Waals surface area contributed by atoms with E-state index in [-0.39, 0.29) is 5.78 Å². The van der Waals surface area contributed by atoms with Crippen molar-refractivity contribution in [3.63, 3.8) is 0 Å². The number of aromatic nitrogens is 1. The zero-order valence-corrected chi connectivity index (χ0v) is 12.4. The summed E-state index contributed by atoms with van der Waals surface area (Å²) in [5, 5.41) is 0.361. The largest absolute Gasteiger partial charge is 0.758 e. The zero-order chi connectivity index (χ0) is 15.1. The van der Waals surface area contributed by atoms with E-state index in [1.807, 2.05) is 48.8 Å². The van der Waals surface area contributed by atoms with Crippen molar-refractivity contribution >= 4 is 23.5 Å². The Morgan fingerprint density at radius 2 is 1.81 bits per heavy atom. The predicted molar refractivity (Wildman–Crippen MR) is 86.3 cm³/mol. The minimum Gasteiger partial charge on any atom is -0.758 e. The number of rotatable bonds is 6. The van der Waals surface area contributed by atoms with Gasteiger partial charge in [0.05, 0.1) is 6.54 Å². The summed E-state index contributed by atoms with van der Waals surface area (Å²) >= 11 is 5.34. The monoisotopic (exact) mass is 296 g/mol. The number of Topliss-reactive ketones (excluding diaryl/α,β-unsaturated/α-hetero) is 1. The van der Waals surface area contributed by atoms with Crippen LogP contribution in [0.3, 0.4) is 0 Å². The molecule has 0 saturated carbocycles. The smallest absolute Gasteiger partial charge is 0.237 e. The molecular formula is C17H16N2OS. The molecule has 0 spiro atoms. The molecule has 2 aromatic rings. The maximum Gasteiger partial charge on any atom is 0.237 e. The molecule has 4 heteroatoms. The van der Waals surface area contributed by atoms with Gasteiger partial charge in [-0.05, 0) is 5.04 Å². The van der Waals surface area contributed by atoms with Gasteiger partial charge in [0.15, 0.2) is 12.4 Å². The van der Waals surface area contributed by atoms with Gasteiger partial charge in [-0.15, -0.1) is 6.58 Å². The third kappa shape index (κ3) is 3.83. The average molecular weight is 296 g/mol. The van der Waals surface area contributed by atoms with Crippen molar-refractivity contribution < 1.29 is 9.36 Å². The van der Waals surface area contributed by atoms with Crippen molar-refractivity contribution in [3.8, 4) is 0 Å². The van der Waals surface area contributed by atoms with Gasteiger partial charge in [-0.3, -0.25) is 4.79 Å². The molecular weight excluding hydrogens is 280 g/mol. The standard InChI is InChI=1S/C17H16N2OS/c1-2-11-18-17(21)15(19-12-7-4-8-13-19)16(20)14-9-5-3-6-10-14/h2-10,12-13,15H,1,11H2. The Morgan fingerprint density at radius 3 is 2.43 bits per heavy atom. The van der Waals surface area contributed by atoms with Gasteiger partial charge < -0.3 is 17.6 Å². The first kappa shape index (κ1) is 15.1. The highest BCUT2D eigenvalue weighted by Crippen LogP contribution is 2.11. The van der Waals surface area contributed by atoms with Crippen LogP contribution < -0.4 is 4.57 Å². The van der Waals surface area contributed by atoms with Crippen LogP contribution in [-0.4, -0.2) is 17.4 Å². The van der Waals surface area contributed by atoms with Gasteiger partial charge >= 0.3 is 0 Å². The molecule has 1 unspecified atom stereocenters. The van der Waals surface area contributed by atoms with Crippen LogP contribution in [0.2, 0.25) is 0 Å². The summed E-state index contributed by atoms with van der Waals surface area (Å²) in [6.07, 6.45) is 5.30. The van der Waals surface area contributed by atoms with Gasteiger partial charge in [0.25, 0.3) is 0 Å². The number of nitrogens with zero attached hydrogens (tertiary/aromatic N) is 2. The van der Waals surface area contributed by atoms with Gasteiger partial charge in [0.1, 0.15) is 0 Å². The molecule has 1 aromatic carbocycles. The molecule has 0 radical (unpaired) electrons. The summed E-state index contributed by atoms with van der Waals surface area (Å²) in [5.74, 6) is -0.0652. The van der Waals surface area contributed by atoms with Crippen molar-refractivity contribution in [1.29, 1.82) is 0 Å². The van der Waals surface area contributed by atoms with E-state index in [4.69, 9.17) is 12.6 Å². The molecule has 1 aromatic heterocycles. The molecule has 0 fully saturated rings. The second kappa shape index (κ2) is 7.45. The molecule has 0 aliphatic carbocycles. The number of benzene rings is 1. The third-order valence-electron chi connectivity index (χ3n) is 2.95. The zero-order valence-electron chi connectivity index (χ0n) is 11.6. The SMILES string of the molecule is C=CCN=C([S-])C(C(=O)c1ccccc1)[n+]1ccccc1. The second-order valence-electron chi connectivity index (χ2n) is 4.42. The molecule has 1 atom stereocenters. The van der Waals surface area contributed by atoms with Crippen LogP contribution >= 0.6 is 0 Å². The molecule has 3 nitrogen and oxygen atoms in total. The van der Waals surface area contributed by atoms with Crippen molar-refractivity contribution in [2.75, 3.05) is 6.54 Å². The predicted octanol–water partition coefficient (Wildman–Crippen LogP) is 2.53. The topological polar surface area (TPSA) is 33.3 Å². The molecule has 0 amide bonds. The van der Waals surface area contributed by atoms with E-state index >= 15 is 0 Å². The van der Waals surface area contributed by atoms with Gasteiger partial charge in [0.2, 0.25) is 11.8 Å². The first-order valence-electron chi connectivity index (χ1n) is 6.61.